The van der Waals surface area contributed by atoms with Gasteiger partial charge in [-0.1, -0.05) is 25.2 Å². The molecule has 1 saturated heterocycles. The van der Waals surface area contributed by atoms with Gasteiger partial charge in [0.2, 0.25) is 0 Å². The Hall–Kier alpha value is -0.600. The molecular weight excluding hydrogens is 164 g/mol. The van der Waals surface area contributed by atoms with Crippen LogP contribution in [0, 0.1) is 0 Å². The Morgan fingerprint density at radius 3 is 2.46 bits per heavy atom. The van der Waals surface area contributed by atoms with Gasteiger partial charge < -0.3 is 9.47 Å². The van der Waals surface area contributed by atoms with Gasteiger partial charge in [-0.15, -0.1) is 6.58 Å². The highest BCUT2D eigenvalue weighted by Gasteiger charge is 2.33. The molecule has 0 bridgehead atoms. The van der Waals surface area contributed by atoms with E-state index >= 15 is 0 Å². The molecule has 0 spiro atoms. The van der Waals surface area contributed by atoms with Crippen molar-refractivity contribution >= 4 is 0 Å². The number of allylic oxidation sites excluding steroid dienone is 1. The Bertz CT molecular complexity index is 179. The smallest absolute Gasteiger partial charge is 0.175 e. The lowest BCUT2D eigenvalue weighted by Crippen LogP contribution is -2.28. The Morgan fingerprint density at radius 2 is 1.92 bits per heavy atom. The molecule has 1 aliphatic heterocycles. The summed E-state index contributed by atoms with van der Waals surface area (Å²) in [5.41, 5.74) is 0. The van der Waals surface area contributed by atoms with Crippen molar-refractivity contribution < 1.29 is 9.47 Å². The first-order valence-electron chi connectivity index (χ1n) is 4.87. The van der Waals surface area contributed by atoms with Gasteiger partial charge in [0, 0.05) is 12.8 Å². The van der Waals surface area contributed by atoms with Crippen LogP contribution >= 0.6 is 0 Å². The predicted molar refractivity (Wildman–Crippen MR) is 53.5 cm³/mol. The van der Waals surface area contributed by atoms with Gasteiger partial charge in [-0.2, -0.15) is 0 Å². The third-order valence-corrected chi connectivity index (χ3v) is 2.10. The zero-order valence-electron chi connectivity index (χ0n) is 8.29. The van der Waals surface area contributed by atoms with Crippen molar-refractivity contribution in [3.63, 3.8) is 0 Å². The largest absolute Gasteiger partial charge is 0.347 e. The molecule has 0 aliphatic carbocycles. The molecule has 1 fully saturated rings. The molecule has 74 valence electrons. The fourth-order valence-electron chi connectivity index (χ4n) is 1.47. The monoisotopic (exact) mass is 182 g/mol. The molecule has 0 N–H and O–H groups in total. The zero-order chi connectivity index (χ0) is 9.57. The molecule has 0 atom stereocenters. The van der Waals surface area contributed by atoms with Crippen LogP contribution in [0.5, 0.6) is 0 Å². The van der Waals surface area contributed by atoms with Crippen LogP contribution in [0.1, 0.15) is 26.2 Å². The fourth-order valence-corrected chi connectivity index (χ4v) is 1.47. The van der Waals surface area contributed by atoms with Crippen LogP contribution in [0.4, 0.5) is 0 Å². The molecule has 0 radical (unpaired) electrons. The van der Waals surface area contributed by atoms with E-state index in [0.29, 0.717) is 13.2 Å². The molecule has 0 amide bonds. The first kappa shape index (κ1) is 10.5. The van der Waals surface area contributed by atoms with Gasteiger partial charge in [0.05, 0.1) is 13.2 Å². The highest BCUT2D eigenvalue weighted by Crippen LogP contribution is 2.27. The minimum absolute atomic E-state index is 0.409. The topological polar surface area (TPSA) is 18.5 Å². The van der Waals surface area contributed by atoms with E-state index in [1.54, 1.807) is 0 Å². The first-order valence-corrected chi connectivity index (χ1v) is 4.87. The second-order valence-electron chi connectivity index (χ2n) is 3.18. The fraction of sp³-hybridized carbons (Fsp3) is 0.636. The number of rotatable bonds is 5. The normalized spacial score (nSPS) is 21.0. The molecule has 0 aromatic carbocycles. The number of hydrogen-bond acceptors (Lipinski definition) is 2. The van der Waals surface area contributed by atoms with Crippen LogP contribution in [0.15, 0.2) is 24.8 Å². The average Bonchev–Trinajstić information content (AvgIpc) is 2.55. The molecule has 0 unspecified atom stereocenters. The second kappa shape index (κ2) is 5.20. The van der Waals surface area contributed by atoms with E-state index in [9.17, 15) is 0 Å². The quantitative estimate of drug-likeness (QED) is 0.608. The van der Waals surface area contributed by atoms with E-state index in [1.807, 2.05) is 6.08 Å². The molecule has 13 heavy (non-hydrogen) atoms. The van der Waals surface area contributed by atoms with Gasteiger partial charge in [0.15, 0.2) is 5.79 Å². The van der Waals surface area contributed by atoms with Gasteiger partial charge in [0.25, 0.3) is 0 Å². The lowest BCUT2D eigenvalue weighted by atomic mass is 10.1. The predicted octanol–water partition coefficient (Wildman–Crippen LogP) is 2.66. The summed E-state index contributed by atoms with van der Waals surface area (Å²) in [7, 11) is 0. The van der Waals surface area contributed by atoms with E-state index in [1.165, 1.54) is 0 Å². The first-order chi connectivity index (χ1) is 6.33. The van der Waals surface area contributed by atoms with Crippen molar-refractivity contribution in [3.05, 3.63) is 24.8 Å². The summed E-state index contributed by atoms with van der Waals surface area (Å²) in [5, 5.41) is 0. The zero-order valence-corrected chi connectivity index (χ0v) is 8.29. The standard InChI is InChI=1S/C11H18O2/c1-3-5-6-8-11(7-4-2)12-9-10-13-11/h4-6H,2-3,7-10H2,1H3. The molecular formula is C11H18O2. The Kier molecular flexibility index (Phi) is 4.19. The molecule has 2 heteroatoms. The van der Waals surface area contributed by atoms with Crippen molar-refractivity contribution in [2.75, 3.05) is 13.2 Å². The van der Waals surface area contributed by atoms with E-state index in [-0.39, 0.29) is 0 Å². The third kappa shape index (κ3) is 2.98. The number of hydrogen-bond donors (Lipinski definition) is 0. The van der Waals surface area contributed by atoms with Crippen LogP contribution in [-0.4, -0.2) is 19.0 Å². The van der Waals surface area contributed by atoms with Gasteiger partial charge >= 0.3 is 0 Å². The van der Waals surface area contributed by atoms with Crippen molar-refractivity contribution in [1.82, 2.24) is 0 Å². The van der Waals surface area contributed by atoms with Gasteiger partial charge in [-0.25, -0.2) is 0 Å². The SMILES string of the molecule is C=CCC1(CC=CCC)OCCO1. The second-order valence-corrected chi connectivity index (χ2v) is 3.18. The van der Waals surface area contributed by atoms with Crippen LogP contribution in [-0.2, 0) is 9.47 Å². The van der Waals surface area contributed by atoms with Crippen LogP contribution in [0.25, 0.3) is 0 Å². The van der Waals surface area contributed by atoms with Crippen molar-refractivity contribution in [1.29, 1.82) is 0 Å². The Balaban J connectivity index is 2.46. The minimum atomic E-state index is -0.409. The van der Waals surface area contributed by atoms with Gasteiger partial charge in [-0.05, 0) is 6.42 Å². The Morgan fingerprint density at radius 1 is 1.23 bits per heavy atom. The summed E-state index contributed by atoms with van der Waals surface area (Å²) in [6, 6.07) is 0. The molecule has 1 rings (SSSR count). The highest BCUT2D eigenvalue weighted by molar-refractivity contribution is 4.92. The van der Waals surface area contributed by atoms with Crippen LogP contribution in [0.3, 0.4) is 0 Å². The maximum absolute atomic E-state index is 5.58. The summed E-state index contributed by atoms with van der Waals surface area (Å²) < 4.78 is 11.2. The third-order valence-electron chi connectivity index (χ3n) is 2.10. The summed E-state index contributed by atoms with van der Waals surface area (Å²) in [6.45, 7) is 7.24. The minimum Gasteiger partial charge on any atom is -0.347 e. The summed E-state index contributed by atoms with van der Waals surface area (Å²) in [4.78, 5) is 0. The van der Waals surface area contributed by atoms with Crippen LogP contribution in [0.2, 0.25) is 0 Å². The lowest BCUT2D eigenvalue weighted by Gasteiger charge is -2.24. The van der Waals surface area contributed by atoms with Crippen molar-refractivity contribution in [3.8, 4) is 0 Å². The maximum Gasteiger partial charge on any atom is 0.175 e. The number of ether oxygens (including phenoxy) is 2. The van der Waals surface area contributed by atoms with Crippen molar-refractivity contribution in [2.24, 2.45) is 0 Å². The average molecular weight is 182 g/mol. The summed E-state index contributed by atoms with van der Waals surface area (Å²) in [6.07, 6.45) is 8.76. The molecule has 0 saturated carbocycles. The molecule has 0 aromatic heterocycles. The molecule has 2 nitrogen and oxygen atoms in total. The molecule has 1 aliphatic rings. The van der Waals surface area contributed by atoms with E-state index in [4.69, 9.17) is 9.47 Å². The van der Waals surface area contributed by atoms with E-state index in [0.717, 1.165) is 19.3 Å². The summed E-state index contributed by atoms with van der Waals surface area (Å²) in [5.74, 6) is -0.409. The molecule has 1 heterocycles. The van der Waals surface area contributed by atoms with Gasteiger partial charge in [0.1, 0.15) is 0 Å². The van der Waals surface area contributed by atoms with Crippen molar-refractivity contribution in [2.45, 2.75) is 32.0 Å². The Labute approximate surface area is 80.2 Å². The molecule has 0 aromatic rings. The van der Waals surface area contributed by atoms with E-state index in [2.05, 4.69) is 25.7 Å². The van der Waals surface area contributed by atoms with Crippen LogP contribution < -0.4 is 0 Å². The summed E-state index contributed by atoms with van der Waals surface area (Å²) >= 11 is 0. The lowest BCUT2D eigenvalue weighted by molar-refractivity contribution is -0.151. The highest BCUT2D eigenvalue weighted by atomic mass is 16.7. The van der Waals surface area contributed by atoms with E-state index < -0.39 is 5.79 Å². The maximum atomic E-state index is 5.58. The van der Waals surface area contributed by atoms with Gasteiger partial charge in [-0.3, -0.25) is 0 Å².